The van der Waals surface area contributed by atoms with Crippen molar-refractivity contribution in [3.63, 3.8) is 0 Å². The van der Waals surface area contributed by atoms with Crippen LogP contribution in [0.3, 0.4) is 0 Å². The number of nitrogens with one attached hydrogen (secondary N) is 1. The molecule has 0 bridgehead atoms. The lowest BCUT2D eigenvalue weighted by molar-refractivity contribution is 0.189. The molecule has 3 N–H and O–H groups in total. The van der Waals surface area contributed by atoms with Gasteiger partial charge in [-0.1, -0.05) is 29.8 Å². The zero-order chi connectivity index (χ0) is 21.2. The highest BCUT2D eigenvalue weighted by Crippen LogP contribution is 2.33. The van der Waals surface area contributed by atoms with Gasteiger partial charge in [-0.2, -0.15) is 0 Å². The number of methoxy groups -OCH3 is 1. The first-order chi connectivity index (χ1) is 13.9. The number of ether oxygens (including phenoxy) is 2. The number of benzene rings is 2. The standard InChI is InChI=1S/C23H30ClN3O2/c1-16(27-17(2)23(25)26)21-15-19(18-8-7-9-20(24)14-18)10-11-22(21)29-13-6-4-5-12-28-3/h7-11,14-16H,4-6,12-13H2,1-3H3,(H3,25,26). The lowest BCUT2D eigenvalue weighted by Crippen LogP contribution is -2.20. The molecule has 0 radical (unpaired) electrons. The van der Waals surface area contributed by atoms with E-state index in [-0.39, 0.29) is 11.9 Å². The van der Waals surface area contributed by atoms with Crippen LogP contribution in [-0.4, -0.2) is 31.9 Å². The van der Waals surface area contributed by atoms with Gasteiger partial charge in [0.2, 0.25) is 0 Å². The van der Waals surface area contributed by atoms with Crippen LogP contribution < -0.4 is 10.5 Å². The maximum Gasteiger partial charge on any atom is 0.136 e. The van der Waals surface area contributed by atoms with Gasteiger partial charge in [-0.3, -0.25) is 10.4 Å². The van der Waals surface area contributed by atoms with Crippen LogP contribution in [-0.2, 0) is 4.74 Å². The zero-order valence-electron chi connectivity index (χ0n) is 17.4. The molecule has 6 heteroatoms. The van der Waals surface area contributed by atoms with Gasteiger partial charge in [0.05, 0.1) is 18.4 Å². The Morgan fingerprint density at radius 3 is 2.52 bits per heavy atom. The van der Waals surface area contributed by atoms with E-state index in [4.69, 9.17) is 32.2 Å². The second-order valence-electron chi connectivity index (χ2n) is 6.97. The van der Waals surface area contributed by atoms with Crippen LogP contribution in [0.5, 0.6) is 5.75 Å². The summed E-state index contributed by atoms with van der Waals surface area (Å²) < 4.78 is 11.2. The Morgan fingerprint density at radius 1 is 1.10 bits per heavy atom. The van der Waals surface area contributed by atoms with E-state index in [0.29, 0.717) is 17.3 Å². The zero-order valence-corrected chi connectivity index (χ0v) is 18.1. The minimum absolute atomic E-state index is 0.0246. The number of nitrogens with two attached hydrogens (primary N) is 1. The molecule has 0 saturated carbocycles. The molecule has 0 aliphatic carbocycles. The number of hydrogen-bond donors (Lipinski definition) is 2. The van der Waals surface area contributed by atoms with Crippen molar-refractivity contribution in [1.29, 1.82) is 5.41 Å². The number of aliphatic imine (C=N–C) groups is 1. The van der Waals surface area contributed by atoms with Crippen molar-refractivity contribution in [1.82, 2.24) is 0 Å². The van der Waals surface area contributed by atoms with E-state index >= 15 is 0 Å². The van der Waals surface area contributed by atoms with Crippen LogP contribution in [0.15, 0.2) is 47.5 Å². The number of halogens is 1. The first-order valence-corrected chi connectivity index (χ1v) is 10.2. The number of hydrogen-bond acceptors (Lipinski definition) is 4. The van der Waals surface area contributed by atoms with Gasteiger partial charge in [0.15, 0.2) is 0 Å². The molecule has 156 valence electrons. The van der Waals surface area contributed by atoms with Crippen LogP contribution in [0.4, 0.5) is 0 Å². The van der Waals surface area contributed by atoms with Crippen LogP contribution >= 0.6 is 11.6 Å². The number of amidine groups is 1. The molecular formula is C23H30ClN3O2. The second kappa shape index (κ2) is 11.6. The van der Waals surface area contributed by atoms with E-state index in [1.165, 1.54) is 0 Å². The van der Waals surface area contributed by atoms with Gasteiger partial charge in [0, 0.05) is 24.3 Å². The van der Waals surface area contributed by atoms with Crippen LogP contribution in [0, 0.1) is 5.41 Å². The fraction of sp³-hybridized carbons (Fsp3) is 0.391. The third-order valence-corrected chi connectivity index (χ3v) is 4.88. The molecule has 1 atom stereocenters. The Kier molecular flexibility index (Phi) is 9.16. The van der Waals surface area contributed by atoms with E-state index in [2.05, 4.69) is 11.1 Å². The van der Waals surface area contributed by atoms with Crippen molar-refractivity contribution in [3.8, 4) is 16.9 Å². The summed E-state index contributed by atoms with van der Waals surface area (Å²) in [5.74, 6) is 0.776. The molecule has 2 rings (SSSR count). The highest BCUT2D eigenvalue weighted by molar-refractivity contribution is 6.38. The van der Waals surface area contributed by atoms with E-state index in [1.54, 1.807) is 14.0 Å². The topological polar surface area (TPSA) is 80.7 Å². The predicted molar refractivity (Wildman–Crippen MR) is 122 cm³/mol. The van der Waals surface area contributed by atoms with Crippen molar-refractivity contribution in [2.45, 2.75) is 39.2 Å². The van der Waals surface area contributed by atoms with Gasteiger partial charge in [0.25, 0.3) is 0 Å². The van der Waals surface area contributed by atoms with Crippen molar-refractivity contribution in [3.05, 3.63) is 53.1 Å². The fourth-order valence-electron chi connectivity index (χ4n) is 2.99. The molecule has 0 aliphatic heterocycles. The first-order valence-electron chi connectivity index (χ1n) is 9.82. The van der Waals surface area contributed by atoms with Gasteiger partial charge in [0.1, 0.15) is 11.6 Å². The number of nitrogens with zero attached hydrogens (tertiary/aromatic N) is 1. The lowest BCUT2D eigenvalue weighted by atomic mass is 9.99. The fourth-order valence-corrected chi connectivity index (χ4v) is 3.18. The lowest BCUT2D eigenvalue weighted by Gasteiger charge is -2.17. The minimum atomic E-state index is -0.193. The van der Waals surface area contributed by atoms with E-state index in [0.717, 1.165) is 48.3 Å². The van der Waals surface area contributed by atoms with Crippen molar-refractivity contribution in [2.24, 2.45) is 10.7 Å². The van der Waals surface area contributed by atoms with Gasteiger partial charge < -0.3 is 15.2 Å². The highest BCUT2D eigenvalue weighted by atomic mass is 35.5. The summed E-state index contributed by atoms with van der Waals surface area (Å²) in [6.45, 7) is 5.13. The summed E-state index contributed by atoms with van der Waals surface area (Å²) >= 11 is 6.16. The molecule has 0 aromatic heterocycles. The quantitative estimate of drug-likeness (QED) is 0.282. The van der Waals surface area contributed by atoms with Gasteiger partial charge in [-0.15, -0.1) is 0 Å². The van der Waals surface area contributed by atoms with E-state index in [1.807, 2.05) is 43.3 Å². The molecule has 2 aromatic carbocycles. The molecule has 5 nitrogen and oxygen atoms in total. The van der Waals surface area contributed by atoms with Crippen LogP contribution in [0.1, 0.15) is 44.7 Å². The summed E-state index contributed by atoms with van der Waals surface area (Å²) in [6.07, 6.45) is 3.04. The maximum absolute atomic E-state index is 7.59. The van der Waals surface area contributed by atoms with Gasteiger partial charge in [-0.25, -0.2) is 0 Å². The second-order valence-corrected chi connectivity index (χ2v) is 7.41. The number of rotatable bonds is 11. The summed E-state index contributed by atoms with van der Waals surface area (Å²) in [7, 11) is 1.72. The van der Waals surface area contributed by atoms with Gasteiger partial charge >= 0.3 is 0 Å². The largest absolute Gasteiger partial charge is 0.493 e. The van der Waals surface area contributed by atoms with Crippen molar-refractivity contribution >= 4 is 23.1 Å². The predicted octanol–water partition coefficient (Wildman–Crippen LogP) is 5.66. The Morgan fingerprint density at radius 2 is 1.83 bits per heavy atom. The third-order valence-electron chi connectivity index (χ3n) is 4.65. The molecule has 0 heterocycles. The van der Waals surface area contributed by atoms with Gasteiger partial charge in [-0.05, 0) is 68.5 Å². The Labute approximate surface area is 178 Å². The summed E-state index contributed by atoms with van der Waals surface area (Å²) in [4.78, 5) is 4.57. The number of unbranched alkanes of at least 4 members (excludes halogenated alkanes) is 2. The Bertz CT molecular complexity index is 852. The molecule has 0 saturated heterocycles. The maximum atomic E-state index is 7.59. The molecule has 0 amide bonds. The molecule has 1 unspecified atom stereocenters. The van der Waals surface area contributed by atoms with Crippen molar-refractivity contribution < 1.29 is 9.47 Å². The van der Waals surface area contributed by atoms with E-state index < -0.39 is 0 Å². The van der Waals surface area contributed by atoms with Crippen LogP contribution in [0.2, 0.25) is 5.02 Å². The Hall–Kier alpha value is -2.37. The Balaban J connectivity index is 2.26. The monoisotopic (exact) mass is 415 g/mol. The molecule has 0 fully saturated rings. The highest BCUT2D eigenvalue weighted by Gasteiger charge is 2.14. The smallest absolute Gasteiger partial charge is 0.136 e. The molecule has 2 aromatic rings. The summed E-state index contributed by atoms with van der Waals surface area (Å²) in [6, 6.07) is 13.6. The molecule has 0 aliphatic rings. The first kappa shape index (κ1) is 22.9. The average Bonchev–Trinajstić information content (AvgIpc) is 2.70. The van der Waals surface area contributed by atoms with E-state index in [9.17, 15) is 0 Å². The summed E-state index contributed by atoms with van der Waals surface area (Å²) in [5, 5.41) is 8.29. The minimum Gasteiger partial charge on any atom is -0.493 e. The third kappa shape index (κ3) is 7.18. The average molecular weight is 416 g/mol. The molecule has 29 heavy (non-hydrogen) atoms. The van der Waals surface area contributed by atoms with Crippen LogP contribution in [0.25, 0.3) is 11.1 Å². The molecule has 0 spiro atoms. The normalized spacial score (nSPS) is 12.6. The van der Waals surface area contributed by atoms with Crippen molar-refractivity contribution in [2.75, 3.05) is 20.3 Å². The summed E-state index contributed by atoms with van der Waals surface area (Å²) in [5.41, 5.74) is 9.11. The molecular weight excluding hydrogens is 386 g/mol. The SMILES string of the molecule is COCCCCCOc1ccc(-c2cccc(Cl)c2)cc1C(C)N=C(C)C(=N)N.